The number of rotatable bonds is 0. The molecule has 0 aromatic heterocycles. The molecule has 1 fully saturated rings. The predicted molar refractivity (Wildman–Crippen MR) is 45.8 cm³/mol. The summed E-state index contributed by atoms with van der Waals surface area (Å²) in [5.41, 5.74) is 0. The predicted octanol–water partition coefficient (Wildman–Crippen LogP) is 0.233. The van der Waals surface area contributed by atoms with E-state index in [1.165, 1.54) is 0 Å². The molecule has 60 valence electrons. The van der Waals surface area contributed by atoms with Crippen LogP contribution in [0.1, 0.15) is 6.42 Å². The van der Waals surface area contributed by atoms with Gasteiger partial charge in [0.15, 0.2) is 0 Å². The molecule has 1 unspecified atom stereocenters. The molecule has 0 radical (unpaired) electrons. The molecule has 1 aliphatic rings. The van der Waals surface area contributed by atoms with Gasteiger partial charge in [0.2, 0.25) is 0 Å². The fourth-order valence-corrected chi connectivity index (χ4v) is 3.30. The number of hydrogen-bond acceptors (Lipinski definition) is 3. The first-order valence-electron chi connectivity index (χ1n) is 3.40. The molecular weight excluding hydrogens is 168 g/mol. The Morgan fingerprint density at radius 2 is 2.40 bits per heavy atom. The van der Waals surface area contributed by atoms with Crippen LogP contribution in [0.2, 0.25) is 0 Å². The summed E-state index contributed by atoms with van der Waals surface area (Å²) in [4.78, 5) is 0. The number of aliphatic hydroxyl groups excluding tert-OH is 1. The molecule has 0 amide bonds. The molecule has 0 aliphatic carbocycles. The summed E-state index contributed by atoms with van der Waals surface area (Å²) in [5, 5.41) is 9.17. The molecule has 1 rings (SSSR count). The van der Waals surface area contributed by atoms with Gasteiger partial charge in [0, 0.05) is 22.3 Å². The van der Waals surface area contributed by atoms with E-state index in [1.807, 2.05) is 0 Å². The van der Waals surface area contributed by atoms with Crippen molar-refractivity contribution in [3.63, 3.8) is 0 Å². The van der Waals surface area contributed by atoms with Crippen molar-refractivity contribution in [2.45, 2.75) is 12.5 Å². The van der Waals surface area contributed by atoms with Crippen molar-refractivity contribution in [2.24, 2.45) is 0 Å². The van der Waals surface area contributed by atoms with Gasteiger partial charge in [-0.3, -0.25) is 4.21 Å². The van der Waals surface area contributed by atoms with Crippen LogP contribution in [-0.2, 0) is 10.8 Å². The van der Waals surface area contributed by atoms with E-state index in [0.717, 1.165) is 23.7 Å². The van der Waals surface area contributed by atoms with Crippen LogP contribution in [0, 0.1) is 0 Å². The van der Waals surface area contributed by atoms with Crippen LogP contribution in [0.15, 0.2) is 0 Å². The van der Waals surface area contributed by atoms with Gasteiger partial charge in [0.25, 0.3) is 0 Å². The van der Waals surface area contributed by atoms with Crippen LogP contribution in [-0.4, -0.2) is 38.4 Å². The summed E-state index contributed by atoms with van der Waals surface area (Å²) in [7, 11) is -0.762. The molecule has 0 aromatic rings. The Morgan fingerprint density at radius 1 is 1.60 bits per heavy atom. The van der Waals surface area contributed by atoms with Crippen LogP contribution in [0.25, 0.3) is 0 Å². The van der Waals surface area contributed by atoms with Gasteiger partial charge in [-0.2, -0.15) is 11.8 Å². The third kappa shape index (κ3) is 3.03. The van der Waals surface area contributed by atoms with Gasteiger partial charge < -0.3 is 5.11 Å². The van der Waals surface area contributed by atoms with Crippen LogP contribution >= 0.6 is 11.8 Å². The van der Waals surface area contributed by atoms with E-state index in [0.29, 0.717) is 5.75 Å². The first kappa shape index (κ1) is 8.56. The average Bonchev–Trinajstić information content (AvgIpc) is 1.83. The Hall–Kier alpha value is 0.460. The van der Waals surface area contributed by atoms with E-state index in [4.69, 9.17) is 0 Å². The van der Waals surface area contributed by atoms with Crippen molar-refractivity contribution in [3.8, 4) is 0 Å². The van der Waals surface area contributed by atoms with Crippen LogP contribution in [0.4, 0.5) is 0 Å². The second-order valence-electron chi connectivity index (χ2n) is 2.39. The highest BCUT2D eigenvalue weighted by atomic mass is 32.2. The van der Waals surface area contributed by atoms with Gasteiger partial charge in [0.1, 0.15) is 0 Å². The number of thioether (sulfide) groups is 1. The normalized spacial score (nSPS) is 36.5. The fourth-order valence-electron chi connectivity index (χ4n) is 0.887. The van der Waals surface area contributed by atoms with Crippen LogP contribution in [0.5, 0.6) is 0 Å². The molecular formula is C6H12O2S2. The second kappa shape index (κ2) is 4.36. The molecule has 0 spiro atoms. The van der Waals surface area contributed by atoms with Gasteiger partial charge >= 0.3 is 0 Å². The Morgan fingerprint density at radius 3 is 3.20 bits per heavy atom. The van der Waals surface area contributed by atoms with E-state index < -0.39 is 10.8 Å². The lowest BCUT2D eigenvalue weighted by atomic mass is 10.5. The lowest BCUT2D eigenvalue weighted by Crippen LogP contribution is -2.23. The van der Waals surface area contributed by atoms with Gasteiger partial charge in [-0.1, -0.05) is 0 Å². The van der Waals surface area contributed by atoms with E-state index in [9.17, 15) is 9.32 Å². The van der Waals surface area contributed by atoms with Gasteiger partial charge in [-0.05, 0) is 12.2 Å². The zero-order chi connectivity index (χ0) is 7.40. The zero-order valence-corrected chi connectivity index (χ0v) is 7.42. The van der Waals surface area contributed by atoms with Gasteiger partial charge in [0.05, 0.1) is 11.9 Å². The van der Waals surface area contributed by atoms with Crippen molar-refractivity contribution in [1.29, 1.82) is 0 Å². The standard InChI is InChI=1S/C6H12O2S2/c7-6-4-9-2-1-3-10(8)5-6/h6-7H,1-5H2/t6-,10?/m1/s1. The largest absolute Gasteiger partial charge is 0.391 e. The molecule has 2 atom stereocenters. The molecule has 10 heavy (non-hydrogen) atoms. The van der Waals surface area contributed by atoms with Crippen molar-refractivity contribution < 1.29 is 9.32 Å². The second-order valence-corrected chi connectivity index (χ2v) is 5.16. The Balaban J connectivity index is 2.32. The fraction of sp³-hybridized carbons (Fsp3) is 1.00. The molecule has 2 nitrogen and oxygen atoms in total. The molecule has 0 aromatic carbocycles. The van der Waals surface area contributed by atoms with E-state index >= 15 is 0 Å². The minimum atomic E-state index is -0.762. The maximum absolute atomic E-state index is 11.0. The first-order chi connectivity index (χ1) is 4.79. The third-order valence-corrected chi connectivity index (χ3v) is 4.05. The van der Waals surface area contributed by atoms with Crippen molar-refractivity contribution in [3.05, 3.63) is 0 Å². The van der Waals surface area contributed by atoms with Crippen LogP contribution in [0.3, 0.4) is 0 Å². The summed E-state index contributed by atoms with van der Waals surface area (Å²) in [6, 6.07) is 0. The summed E-state index contributed by atoms with van der Waals surface area (Å²) in [5.74, 6) is 3.05. The smallest absolute Gasteiger partial charge is 0.0745 e. The van der Waals surface area contributed by atoms with Crippen molar-refractivity contribution >= 4 is 22.6 Å². The van der Waals surface area contributed by atoms with Crippen LogP contribution < -0.4 is 0 Å². The Bertz CT molecular complexity index is 127. The maximum atomic E-state index is 11.0. The van der Waals surface area contributed by atoms with E-state index in [-0.39, 0.29) is 6.10 Å². The quantitative estimate of drug-likeness (QED) is 0.580. The molecule has 4 heteroatoms. The lowest BCUT2D eigenvalue weighted by molar-refractivity contribution is 0.223. The zero-order valence-electron chi connectivity index (χ0n) is 5.78. The summed E-state index contributed by atoms with van der Waals surface area (Å²) in [6.07, 6.45) is 0.690. The van der Waals surface area contributed by atoms with Crippen molar-refractivity contribution in [2.75, 3.05) is 23.0 Å². The Labute approximate surface area is 67.8 Å². The highest BCUT2D eigenvalue weighted by Gasteiger charge is 2.12. The maximum Gasteiger partial charge on any atom is 0.0745 e. The minimum absolute atomic E-state index is 0.342. The van der Waals surface area contributed by atoms with Crippen molar-refractivity contribution in [1.82, 2.24) is 0 Å². The molecule has 0 bridgehead atoms. The monoisotopic (exact) mass is 180 g/mol. The summed E-state index contributed by atoms with van der Waals surface area (Å²) in [6.45, 7) is 0. The molecule has 0 saturated carbocycles. The average molecular weight is 180 g/mol. The lowest BCUT2D eigenvalue weighted by Gasteiger charge is -2.12. The third-order valence-electron chi connectivity index (χ3n) is 1.35. The molecule has 1 aliphatic heterocycles. The SMILES string of the molecule is O=S1CCCSC[C@@H](O)C1. The van der Waals surface area contributed by atoms with E-state index in [2.05, 4.69) is 0 Å². The summed E-state index contributed by atoms with van der Waals surface area (Å²) < 4.78 is 11.0. The number of aliphatic hydroxyl groups is 1. The first-order valence-corrected chi connectivity index (χ1v) is 6.04. The van der Waals surface area contributed by atoms with Gasteiger partial charge in [-0.15, -0.1) is 0 Å². The van der Waals surface area contributed by atoms with E-state index in [1.54, 1.807) is 11.8 Å². The summed E-state index contributed by atoms with van der Waals surface area (Å²) >= 11 is 1.75. The molecule has 1 saturated heterocycles. The molecule has 1 N–H and O–H groups in total. The minimum Gasteiger partial charge on any atom is -0.391 e. The highest BCUT2D eigenvalue weighted by molar-refractivity contribution is 7.99. The Kier molecular flexibility index (Phi) is 3.73. The van der Waals surface area contributed by atoms with Gasteiger partial charge in [-0.25, -0.2) is 0 Å². The highest BCUT2D eigenvalue weighted by Crippen LogP contribution is 2.10. The topological polar surface area (TPSA) is 37.3 Å². The molecule has 1 heterocycles. The number of hydrogen-bond donors (Lipinski definition) is 1.